The number of piperidine rings is 1. The molecule has 0 aromatic rings. The van der Waals surface area contributed by atoms with Crippen molar-refractivity contribution in [2.45, 2.75) is 44.3 Å². The number of ketones is 1. The maximum atomic E-state index is 12.2. The molecule has 2 heterocycles. The highest BCUT2D eigenvalue weighted by Crippen LogP contribution is 2.26. The summed E-state index contributed by atoms with van der Waals surface area (Å²) < 4.78 is 41.0. The Morgan fingerprint density at radius 1 is 1.47 bits per heavy atom. The van der Waals surface area contributed by atoms with Crippen molar-refractivity contribution in [2.24, 2.45) is 0 Å². The highest BCUT2D eigenvalue weighted by Gasteiger charge is 2.46. The van der Waals surface area contributed by atoms with E-state index in [0.717, 1.165) is 0 Å². The van der Waals surface area contributed by atoms with E-state index in [1.54, 1.807) is 0 Å². The Morgan fingerprint density at radius 2 is 2.16 bits per heavy atom. The highest BCUT2D eigenvalue weighted by molar-refractivity contribution is 5.80. The maximum absolute atomic E-state index is 12.2. The van der Waals surface area contributed by atoms with Crippen LogP contribution in [0, 0.1) is 0 Å². The van der Waals surface area contributed by atoms with Crippen LogP contribution in [0.4, 0.5) is 13.2 Å². The van der Waals surface area contributed by atoms with Crippen LogP contribution in [0.25, 0.3) is 0 Å². The van der Waals surface area contributed by atoms with E-state index in [1.165, 1.54) is 0 Å². The molecular weight excluding hydrogens is 265 g/mol. The van der Waals surface area contributed by atoms with Crippen molar-refractivity contribution in [2.75, 3.05) is 13.1 Å². The highest BCUT2D eigenvalue weighted by atomic mass is 19.4. The van der Waals surface area contributed by atoms with Crippen molar-refractivity contribution in [1.29, 1.82) is 0 Å². The van der Waals surface area contributed by atoms with Gasteiger partial charge in [-0.3, -0.25) is 15.0 Å². The largest absolute Gasteiger partial charge is 0.490 e. The van der Waals surface area contributed by atoms with Gasteiger partial charge in [-0.1, -0.05) is 0 Å². The van der Waals surface area contributed by atoms with E-state index >= 15 is 0 Å². The van der Waals surface area contributed by atoms with Gasteiger partial charge in [0.2, 0.25) is 0 Å². The Hall–Kier alpha value is -1.15. The number of halogens is 3. The molecular formula is C11H15F3N2O3. The van der Waals surface area contributed by atoms with Crippen LogP contribution >= 0.6 is 0 Å². The normalized spacial score (nSPS) is 32.8. The van der Waals surface area contributed by atoms with Gasteiger partial charge in [0.05, 0.1) is 6.04 Å². The summed E-state index contributed by atoms with van der Waals surface area (Å²) in [5.74, 6) is -2.25. The molecule has 0 amide bonds. The predicted molar refractivity (Wildman–Crippen MR) is 58.1 cm³/mol. The van der Waals surface area contributed by atoms with Crippen molar-refractivity contribution in [3.8, 4) is 0 Å². The van der Waals surface area contributed by atoms with Gasteiger partial charge in [0.15, 0.2) is 6.23 Å². The zero-order chi connectivity index (χ0) is 14.2. The lowest BCUT2D eigenvalue weighted by Gasteiger charge is -2.47. The first-order valence-corrected chi connectivity index (χ1v) is 6.07. The second-order valence-electron chi connectivity index (χ2n) is 4.88. The van der Waals surface area contributed by atoms with Crippen molar-refractivity contribution in [3.63, 3.8) is 0 Å². The van der Waals surface area contributed by atoms with Crippen LogP contribution in [-0.4, -0.2) is 54.2 Å². The fraction of sp³-hybridized carbons (Fsp3) is 0.818. The van der Waals surface area contributed by atoms with Crippen molar-refractivity contribution >= 4 is 11.8 Å². The third kappa shape index (κ3) is 3.06. The third-order valence-corrected chi connectivity index (χ3v) is 3.51. The number of Topliss-reactive ketones (excluding diaryl/α,β-unsaturated/α-hetero) is 1. The van der Waals surface area contributed by atoms with Gasteiger partial charge in [0.1, 0.15) is 5.78 Å². The number of esters is 1. The number of ether oxygens (including phenoxy) is 1. The molecule has 0 aliphatic carbocycles. The van der Waals surface area contributed by atoms with Gasteiger partial charge < -0.3 is 4.74 Å². The average molecular weight is 280 g/mol. The summed E-state index contributed by atoms with van der Waals surface area (Å²) in [5.41, 5.74) is 0. The molecule has 2 fully saturated rings. The molecule has 1 N–H and O–H groups in total. The molecule has 2 aliphatic rings. The van der Waals surface area contributed by atoms with Crippen LogP contribution in [0.3, 0.4) is 0 Å². The van der Waals surface area contributed by atoms with E-state index in [-0.39, 0.29) is 18.2 Å². The number of hydrogen-bond donors (Lipinski definition) is 1. The SMILES string of the molecule is C[C@@H]1CNC(OC(=O)C(F)(F)F)C2CC(=O)CCN21. The van der Waals surface area contributed by atoms with Gasteiger partial charge in [-0.05, 0) is 6.92 Å². The second-order valence-corrected chi connectivity index (χ2v) is 4.88. The molecule has 2 unspecified atom stereocenters. The number of nitrogens with zero attached hydrogens (tertiary/aromatic N) is 1. The summed E-state index contributed by atoms with van der Waals surface area (Å²) in [6.07, 6.45) is -5.61. The van der Waals surface area contributed by atoms with Gasteiger partial charge in [-0.25, -0.2) is 4.79 Å². The van der Waals surface area contributed by atoms with Crippen LogP contribution in [-0.2, 0) is 14.3 Å². The van der Waals surface area contributed by atoms with E-state index in [0.29, 0.717) is 19.5 Å². The number of hydrogen-bond acceptors (Lipinski definition) is 5. The van der Waals surface area contributed by atoms with E-state index < -0.39 is 24.4 Å². The molecule has 2 aliphatic heterocycles. The predicted octanol–water partition coefficient (Wildman–Crippen LogP) is 0.443. The molecule has 5 nitrogen and oxygen atoms in total. The molecule has 0 radical (unpaired) electrons. The van der Waals surface area contributed by atoms with Gasteiger partial charge in [0, 0.05) is 32.0 Å². The molecule has 0 aromatic carbocycles. The van der Waals surface area contributed by atoms with Crippen LogP contribution in [0.5, 0.6) is 0 Å². The molecule has 2 rings (SSSR count). The number of fused-ring (bicyclic) bond motifs is 1. The fourth-order valence-corrected chi connectivity index (χ4v) is 2.54. The lowest BCUT2D eigenvalue weighted by atomic mass is 9.95. The number of alkyl halides is 3. The summed E-state index contributed by atoms with van der Waals surface area (Å²) in [6, 6.07) is -0.421. The van der Waals surface area contributed by atoms with Crippen molar-refractivity contribution in [1.82, 2.24) is 10.2 Å². The number of carbonyl (C=O) groups excluding carboxylic acids is 2. The third-order valence-electron chi connectivity index (χ3n) is 3.51. The summed E-state index contributed by atoms with van der Waals surface area (Å²) in [7, 11) is 0. The summed E-state index contributed by atoms with van der Waals surface area (Å²) in [6.45, 7) is 2.82. The maximum Gasteiger partial charge on any atom is 0.490 e. The lowest BCUT2D eigenvalue weighted by molar-refractivity contribution is -0.212. The van der Waals surface area contributed by atoms with Crippen LogP contribution in [0.2, 0.25) is 0 Å². The van der Waals surface area contributed by atoms with Crippen molar-refractivity contribution < 1.29 is 27.5 Å². The zero-order valence-electron chi connectivity index (χ0n) is 10.4. The fourth-order valence-electron chi connectivity index (χ4n) is 2.54. The Labute approximate surface area is 108 Å². The van der Waals surface area contributed by atoms with Gasteiger partial charge in [-0.15, -0.1) is 0 Å². The Kier molecular flexibility index (Phi) is 3.82. The molecule has 0 saturated carbocycles. The van der Waals surface area contributed by atoms with Gasteiger partial charge >= 0.3 is 12.1 Å². The van der Waals surface area contributed by atoms with Crippen LogP contribution < -0.4 is 5.32 Å². The topological polar surface area (TPSA) is 58.6 Å². The first-order chi connectivity index (χ1) is 8.79. The Balaban J connectivity index is 2.08. The summed E-state index contributed by atoms with van der Waals surface area (Å²) >= 11 is 0. The lowest BCUT2D eigenvalue weighted by Crippen LogP contribution is -2.65. The molecule has 2 saturated heterocycles. The second kappa shape index (κ2) is 5.09. The Bertz CT molecular complexity index is 386. The molecule has 0 bridgehead atoms. The standard InChI is InChI=1S/C11H15F3N2O3/c1-6-5-15-9(19-10(18)11(12,13)14)8-4-7(17)2-3-16(6)8/h6,8-9,15H,2-5H2,1H3/t6-,8?,9?/m1/s1. The molecule has 3 atom stereocenters. The first-order valence-electron chi connectivity index (χ1n) is 6.07. The van der Waals surface area contributed by atoms with E-state index in [2.05, 4.69) is 10.1 Å². The van der Waals surface area contributed by atoms with E-state index in [1.807, 2.05) is 11.8 Å². The van der Waals surface area contributed by atoms with Gasteiger partial charge in [0.25, 0.3) is 0 Å². The minimum atomic E-state index is -5.02. The zero-order valence-corrected chi connectivity index (χ0v) is 10.4. The number of rotatable bonds is 1. The van der Waals surface area contributed by atoms with E-state index in [9.17, 15) is 22.8 Å². The number of nitrogens with one attached hydrogen (secondary N) is 1. The van der Waals surface area contributed by atoms with Crippen LogP contribution in [0.15, 0.2) is 0 Å². The molecule has 0 aromatic heterocycles. The van der Waals surface area contributed by atoms with Gasteiger partial charge in [-0.2, -0.15) is 13.2 Å². The van der Waals surface area contributed by atoms with Crippen molar-refractivity contribution in [3.05, 3.63) is 0 Å². The minimum absolute atomic E-state index is 0.0230. The van der Waals surface area contributed by atoms with E-state index in [4.69, 9.17) is 0 Å². The minimum Gasteiger partial charge on any atom is -0.438 e. The number of carbonyl (C=O) groups is 2. The molecule has 19 heavy (non-hydrogen) atoms. The summed E-state index contributed by atoms with van der Waals surface area (Å²) in [4.78, 5) is 24.2. The summed E-state index contributed by atoms with van der Waals surface area (Å²) in [5, 5.41) is 2.75. The first kappa shape index (κ1) is 14.3. The average Bonchev–Trinajstić information content (AvgIpc) is 2.31. The number of piperazine rings is 1. The quantitative estimate of drug-likeness (QED) is 0.706. The molecule has 0 spiro atoms. The smallest absolute Gasteiger partial charge is 0.438 e. The monoisotopic (exact) mass is 280 g/mol. The molecule has 8 heteroatoms. The Morgan fingerprint density at radius 3 is 2.79 bits per heavy atom. The van der Waals surface area contributed by atoms with Crippen LogP contribution in [0.1, 0.15) is 19.8 Å². The molecule has 108 valence electrons.